The Morgan fingerprint density at radius 3 is 2.19 bits per heavy atom. The molecule has 0 saturated carbocycles. The molecule has 1 saturated heterocycles. The van der Waals surface area contributed by atoms with E-state index in [4.69, 9.17) is 28.1 Å². The molecule has 1 aliphatic heterocycles. The lowest BCUT2D eigenvalue weighted by Gasteiger charge is -2.39. The van der Waals surface area contributed by atoms with E-state index in [1.165, 1.54) is 39.5 Å². The van der Waals surface area contributed by atoms with Crippen molar-refractivity contribution in [2.75, 3.05) is 27.9 Å². The number of methoxy groups -OCH3 is 3. The van der Waals surface area contributed by atoms with Crippen molar-refractivity contribution in [1.82, 2.24) is 0 Å². The minimum Gasteiger partial charge on any atom is -0.504 e. The zero-order chi connectivity index (χ0) is 27.0. The molecule has 5 atom stereocenters. The average molecular weight is 522 g/mol. The zero-order valence-corrected chi connectivity index (χ0v) is 19.9. The highest BCUT2D eigenvalue weighted by atomic mass is 16.7. The van der Waals surface area contributed by atoms with E-state index >= 15 is 0 Å². The molecule has 2 aromatic carbocycles. The van der Waals surface area contributed by atoms with Crippen molar-refractivity contribution in [3.05, 3.63) is 34.5 Å². The molecule has 0 aliphatic carbocycles. The van der Waals surface area contributed by atoms with E-state index in [-0.39, 0.29) is 51.0 Å². The Morgan fingerprint density at radius 1 is 0.892 bits per heavy atom. The zero-order valence-electron chi connectivity index (χ0n) is 19.9. The van der Waals surface area contributed by atoms with Crippen LogP contribution >= 0.6 is 0 Å². The summed E-state index contributed by atoms with van der Waals surface area (Å²) >= 11 is 0. The van der Waals surface area contributed by atoms with Gasteiger partial charge in [-0.25, -0.2) is 0 Å². The monoisotopic (exact) mass is 522 g/mol. The molecule has 0 unspecified atom stereocenters. The third-order valence-electron chi connectivity index (χ3n) is 5.97. The molecule has 0 spiro atoms. The van der Waals surface area contributed by atoms with Crippen LogP contribution < -0.4 is 24.4 Å². The Balaban J connectivity index is 1.94. The second kappa shape index (κ2) is 10.3. The average Bonchev–Trinajstić information content (AvgIpc) is 2.89. The number of hydrogen-bond donors (Lipinski definition) is 6. The smallest absolute Gasteiger partial charge is 0.229 e. The SMILES string of the molecule is COc1ccc(-c2cc(=O)c3c(O)c(OC)c(OC)c(O[C@@H]4O[C@H](CO)[C@@H](O)[C@H](O)[C@H]4O)c3o2)cc1O. The molecular weight excluding hydrogens is 496 g/mol. The van der Waals surface area contributed by atoms with E-state index in [9.17, 15) is 35.4 Å². The lowest BCUT2D eigenvalue weighted by atomic mass is 9.99. The fourth-order valence-electron chi connectivity index (χ4n) is 4.05. The van der Waals surface area contributed by atoms with Gasteiger partial charge in [-0.3, -0.25) is 4.79 Å². The van der Waals surface area contributed by atoms with Crippen LogP contribution in [0.15, 0.2) is 33.5 Å². The molecular formula is C24H26O13. The van der Waals surface area contributed by atoms with E-state index in [0.717, 1.165) is 6.07 Å². The van der Waals surface area contributed by atoms with Gasteiger partial charge in [-0.05, 0) is 18.2 Å². The van der Waals surface area contributed by atoms with Gasteiger partial charge in [0.25, 0.3) is 0 Å². The van der Waals surface area contributed by atoms with Crippen molar-refractivity contribution >= 4 is 11.0 Å². The number of benzene rings is 2. The van der Waals surface area contributed by atoms with Crippen molar-refractivity contribution < 1.29 is 58.7 Å². The molecule has 13 heteroatoms. The van der Waals surface area contributed by atoms with Gasteiger partial charge in [0.1, 0.15) is 35.6 Å². The summed E-state index contributed by atoms with van der Waals surface area (Å²) in [6.45, 7) is -0.707. The molecule has 3 aromatic rings. The van der Waals surface area contributed by atoms with Crippen LogP contribution in [0.4, 0.5) is 0 Å². The summed E-state index contributed by atoms with van der Waals surface area (Å²) < 4.78 is 32.7. The predicted molar refractivity (Wildman–Crippen MR) is 125 cm³/mol. The van der Waals surface area contributed by atoms with Crippen molar-refractivity contribution in [2.24, 2.45) is 0 Å². The minimum atomic E-state index is -1.80. The van der Waals surface area contributed by atoms with E-state index in [1.54, 1.807) is 0 Å². The van der Waals surface area contributed by atoms with E-state index in [0.29, 0.717) is 0 Å². The highest BCUT2D eigenvalue weighted by Crippen LogP contribution is 2.51. The largest absolute Gasteiger partial charge is 0.504 e. The Kier molecular flexibility index (Phi) is 7.34. The van der Waals surface area contributed by atoms with Crippen LogP contribution in [0, 0.1) is 0 Å². The quantitative estimate of drug-likeness (QED) is 0.244. The number of aromatic hydroxyl groups is 2. The van der Waals surface area contributed by atoms with Gasteiger partial charge in [0.05, 0.1) is 27.9 Å². The summed E-state index contributed by atoms with van der Waals surface area (Å²) in [6, 6.07) is 5.34. The fraction of sp³-hybridized carbons (Fsp3) is 0.375. The second-order valence-electron chi connectivity index (χ2n) is 8.13. The second-order valence-corrected chi connectivity index (χ2v) is 8.13. The number of aliphatic hydroxyl groups is 4. The van der Waals surface area contributed by atoms with Gasteiger partial charge in [0.2, 0.25) is 23.5 Å². The molecule has 200 valence electrons. The van der Waals surface area contributed by atoms with Crippen LogP contribution in [0.25, 0.3) is 22.3 Å². The van der Waals surface area contributed by atoms with Gasteiger partial charge in [0.15, 0.2) is 28.3 Å². The Labute approximate surface area is 209 Å². The summed E-state index contributed by atoms with van der Waals surface area (Å²) in [7, 11) is 3.79. The third-order valence-corrected chi connectivity index (χ3v) is 5.97. The maximum absolute atomic E-state index is 13.1. The van der Waals surface area contributed by atoms with Crippen molar-refractivity contribution in [2.45, 2.75) is 30.7 Å². The first-order valence-electron chi connectivity index (χ1n) is 11.0. The van der Waals surface area contributed by atoms with E-state index in [2.05, 4.69) is 0 Å². The van der Waals surface area contributed by atoms with Gasteiger partial charge >= 0.3 is 0 Å². The van der Waals surface area contributed by atoms with Crippen LogP contribution in [0.5, 0.6) is 34.5 Å². The molecule has 4 rings (SSSR count). The van der Waals surface area contributed by atoms with Gasteiger partial charge in [-0.15, -0.1) is 0 Å². The Hall–Kier alpha value is -3.75. The van der Waals surface area contributed by atoms with Crippen LogP contribution in [0.1, 0.15) is 0 Å². The first kappa shape index (κ1) is 26.3. The Bertz CT molecular complexity index is 1350. The molecule has 37 heavy (non-hydrogen) atoms. The topological polar surface area (TPSA) is 198 Å². The van der Waals surface area contributed by atoms with Crippen molar-refractivity contribution in [3.8, 4) is 45.8 Å². The summed E-state index contributed by atoms with van der Waals surface area (Å²) in [4.78, 5) is 13.1. The molecule has 1 fully saturated rings. The number of hydrogen-bond acceptors (Lipinski definition) is 13. The summed E-state index contributed by atoms with van der Waals surface area (Å²) in [5, 5.41) is 60.8. The minimum absolute atomic E-state index is 0.0410. The summed E-state index contributed by atoms with van der Waals surface area (Å²) in [5.74, 6) is -1.60. The maximum Gasteiger partial charge on any atom is 0.229 e. The highest BCUT2D eigenvalue weighted by Gasteiger charge is 2.45. The molecule has 1 aliphatic rings. The molecule has 0 amide bonds. The van der Waals surface area contributed by atoms with Crippen molar-refractivity contribution in [3.63, 3.8) is 0 Å². The summed E-state index contributed by atoms with van der Waals surface area (Å²) in [5.41, 5.74) is -0.793. The first-order valence-corrected chi connectivity index (χ1v) is 11.0. The van der Waals surface area contributed by atoms with Crippen LogP contribution in [-0.2, 0) is 4.74 Å². The predicted octanol–water partition coefficient (Wildman–Crippen LogP) is 0.0757. The molecule has 0 radical (unpaired) electrons. The van der Waals surface area contributed by atoms with Crippen molar-refractivity contribution in [1.29, 1.82) is 0 Å². The normalized spacial score (nSPS) is 23.6. The first-order chi connectivity index (χ1) is 17.7. The highest BCUT2D eigenvalue weighted by molar-refractivity contribution is 5.95. The summed E-state index contributed by atoms with van der Waals surface area (Å²) in [6.07, 6.45) is -8.16. The van der Waals surface area contributed by atoms with Crippen LogP contribution in [0.2, 0.25) is 0 Å². The maximum atomic E-state index is 13.1. The van der Waals surface area contributed by atoms with E-state index in [1.807, 2.05) is 0 Å². The van der Waals surface area contributed by atoms with Crippen LogP contribution in [-0.4, -0.2) is 89.3 Å². The van der Waals surface area contributed by atoms with Gasteiger partial charge < -0.3 is 58.7 Å². The number of fused-ring (bicyclic) bond motifs is 1. The van der Waals surface area contributed by atoms with Crippen LogP contribution in [0.3, 0.4) is 0 Å². The van der Waals surface area contributed by atoms with Gasteiger partial charge in [0, 0.05) is 11.6 Å². The molecule has 13 nitrogen and oxygen atoms in total. The number of phenols is 2. The Morgan fingerprint density at radius 2 is 1.59 bits per heavy atom. The number of aliphatic hydroxyl groups excluding tert-OH is 4. The number of ether oxygens (including phenoxy) is 5. The molecule has 6 N–H and O–H groups in total. The molecule has 0 bridgehead atoms. The standard InChI is InChI=1S/C24H26O13/c1-32-12-5-4-9(6-10(12)26)13-7-11(27)15-17(29)21(33-2)22(34-3)23(20(15)35-13)37-24-19(31)18(30)16(28)14(8-25)36-24/h4-7,14,16,18-19,24-26,28-31H,8H2,1-3H3/t14-,16-,18+,19-,24+/m1/s1. The molecule has 1 aromatic heterocycles. The number of rotatable bonds is 7. The lowest BCUT2D eigenvalue weighted by molar-refractivity contribution is -0.277. The fourth-order valence-corrected chi connectivity index (χ4v) is 4.05. The number of phenolic OH excluding ortho intramolecular Hbond substituents is 2. The molecule has 2 heterocycles. The van der Waals surface area contributed by atoms with Gasteiger partial charge in [-0.2, -0.15) is 0 Å². The lowest BCUT2D eigenvalue weighted by Crippen LogP contribution is -2.60. The van der Waals surface area contributed by atoms with Gasteiger partial charge in [-0.1, -0.05) is 0 Å². The third kappa shape index (κ3) is 4.47. The van der Waals surface area contributed by atoms with E-state index < -0.39 is 48.5 Å².